The Morgan fingerprint density at radius 3 is 2.56 bits per heavy atom. The number of benzene rings is 1. The van der Waals surface area contributed by atoms with E-state index in [0.29, 0.717) is 5.54 Å². The van der Waals surface area contributed by atoms with Crippen molar-refractivity contribution in [2.45, 2.75) is 69.9 Å². The summed E-state index contributed by atoms with van der Waals surface area (Å²) in [5, 5.41) is 2.68. The zero-order valence-electron chi connectivity index (χ0n) is 11.6. The van der Waals surface area contributed by atoms with Crippen LogP contribution < -0.4 is 5.32 Å². The third kappa shape index (κ3) is 2.33. The molecular weight excluding hydrogens is 218 g/mol. The Balaban J connectivity index is 1.86. The van der Waals surface area contributed by atoms with Gasteiger partial charge in [-0.2, -0.15) is 0 Å². The van der Waals surface area contributed by atoms with E-state index in [0.717, 1.165) is 5.92 Å². The Morgan fingerprint density at radius 1 is 1.06 bits per heavy atom. The summed E-state index contributed by atoms with van der Waals surface area (Å²) in [4.78, 5) is 0. The van der Waals surface area contributed by atoms with Gasteiger partial charge in [0.1, 0.15) is 6.54 Å². The Kier molecular flexibility index (Phi) is 3.43. The van der Waals surface area contributed by atoms with E-state index < -0.39 is 0 Å². The molecule has 2 aliphatic rings. The van der Waals surface area contributed by atoms with Gasteiger partial charge in [-0.25, -0.2) is 0 Å². The first-order valence-corrected chi connectivity index (χ1v) is 7.71. The fraction of sp³-hybridized carbons (Fsp3) is 0.647. The van der Waals surface area contributed by atoms with Crippen molar-refractivity contribution in [2.24, 2.45) is 0 Å². The molecule has 2 N–H and O–H groups in total. The summed E-state index contributed by atoms with van der Waals surface area (Å²) in [7, 11) is 0. The molecule has 98 valence electrons. The van der Waals surface area contributed by atoms with E-state index in [4.69, 9.17) is 0 Å². The van der Waals surface area contributed by atoms with Gasteiger partial charge in [0.15, 0.2) is 0 Å². The summed E-state index contributed by atoms with van der Waals surface area (Å²) in [5.74, 6) is 0.734. The smallest absolute Gasteiger partial charge is 0.102 e. The molecule has 1 atom stereocenters. The SMILES string of the molecule is CC1CC2(CCCCCC2)[NH2+]Cc2ccccc21. The Labute approximate surface area is 111 Å². The van der Waals surface area contributed by atoms with Gasteiger partial charge >= 0.3 is 0 Å². The molecule has 0 bridgehead atoms. The molecule has 1 spiro atoms. The van der Waals surface area contributed by atoms with Crippen molar-refractivity contribution in [1.82, 2.24) is 0 Å². The number of hydrogen-bond donors (Lipinski definition) is 1. The van der Waals surface area contributed by atoms with Crippen LogP contribution in [0.4, 0.5) is 0 Å². The van der Waals surface area contributed by atoms with Gasteiger partial charge in [-0.05, 0) is 24.3 Å². The number of rotatable bonds is 0. The number of hydrogen-bond acceptors (Lipinski definition) is 0. The molecule has 1 aromatic rings. The van der Waals surface area contributed by atoms with Crippen LogP contribution in [0.5, 0.6) is 0 Å². The molecule has 18 heavy (non-hydrogen) atoms. The second kappa shape index (κ2) is 5.05. The maximum absolute atomic E-state index is 2.68. The van der Waals surface area contributed by atoms with E-state index in [9.17, 15) is 0 Å². The highest BCUT2D eigenvalue weighted by Crippen LogP contribution is 2.35. The van der Waals surface area contributed by atoms with Gasteiger partial charge in [0, 0.05) is 24.8 Å². The molecular formula is C17H26N+. The Hall–Kier alpha value is -0.820. The first-order chi connectivity index (χ1) is 8.79. The lowest BCUT2D eigenvalue weighted by Crippen LogP contribution is -2.95. The number of quaternary nitrogens is 1. The lowest BCUT2D eigenvalue weighted by molar-refractivity contribution is -0.743. The van der Waals surface area contributed by atoms with E-state index in [1.165, 1.54) is 51.5 Å². The van der Waals surface area contributed by atoms with Crippen LogP contribution in [0.25, 0.3) is 0 Å². The van der Waals surface area contributed by atoms with Crippen LogP contribution in [0.3, 0.4) is 0 Å². The minimum absolute atomic E-state index is 0.551. The van der Waals surface area contributed by atoms with Crippen LogP contribution in [0.2, 0.25) is 0 Å². The molecule has 0 aromatic heterocycles. The van der Waals surface area contributed by atoms with Crippen LogP contribution in [-0.4, -0.2) is 5.54 Å². The monoisotopic (exact) mass is 244 g/mol. The zero-order valence-corrected chi connectivity index (χ0v) is 11.6. The highest BCUT2D eigenvalue weighted by atomic mass is 15.0. The minimum atomic E-state index is 0.551. The molecule has 0 radical (unpaired) electrons. The number of nitrogens with two attached hydrogens (primary N) is 1. The van der Waals surface area contributed by atoms with Gasteiger partial charge < -0.3 is 5.32 Å². The van der Waals surface area contributed by atoms with E-state index >= 15 is 0 Å². The molecule has 1 heterocycles. The normalized spacial score (nSPS) is 27.3. The van der Waals surface area contributed by atoms with E-state index in [2.05, 4.69) is 36.5 Å². The zero-order chi connectivity index (χ0) is 12.4. The summed E-state index contributed by atoms with van der Waals surface area (Å²) < 4.78 is 0. The van der Waals surface area contributed by atoms with Crippen molar-refractivity contribution >= 4 is 0 Å². The highest BCUT2D eigenvalue weighted by Gasteiger charge is 2.38. The summed E-state index contributed by atoms with van der Waals surface area (Å²) in [6, 6.07) is 9.09. The first-order valence-electron chi connectivity index (χ1n) is 7.71. The van der Waals surface area contributed by atoms with Gasteiger partial charge in [-0.3, -0.25) is 0 Å². The first kappa shape index (κ1) is 12.2. The largest absolute Gasteiger partial charge is 0.338 e. The second-order valence-corrected chi connectivity index (χ2v) is 6.49. The molecule has 1 aliphatic heterocycles. The van der Waals surface area contributed by atoms with Crippen molar-refractivity contribution in [3.05, 3.63) is 35.4 Å². The van der Waals surface area contributed by atoms with Crippen molar-refractivity contribution in [3.8, 4) is 0 Å². The van der Waals surface area contributed by atoms with Crippen molar-refractivity contribution in [1.29, 1.82) is 0 Å². The molecule has 0 amide bonds. The maximum Gasteiger partial charge on any atom is 0.102 e. The fourth-order valence-electron chi connectivity index (χ4n) is 4.17. The molecule has 0 saturated heterocycles. The Bertz CT molecular complexity index is 402. The molecule has 1 nitrogen and oxygen atoms in total. The Morgan fingerprint density at radius 2 is 1.78 bits per heavy atom. The van der Waals surface area contributed by atoms with E-state index in [1.807, 2.05) is 0 Å². The van der Waals surface area contributed by atoms with Crippen LogP contribution in [0.15, 0.2) is 24.3 Å². The summed E-state index contributed by atoms with van der Waals surface area (Å²) >= 11 is 0. The van der Waals surface area contributed by atoms with E-state index in [-0.39, 0.29) is 0 Å². The highest BCUT2D eigenvalue weighted by molar-refractivity contribution is 5.30. The summed E-state index contributed by atoms with van der Waals surface area (Å²) in [6.45, 7) is 3.63. The van der Waals surface area contributed by atoms with E-state index in [1.54, 1.807) is 11.1 Å². The molecule has 1 heteroatoms. The lowest BCUT2D eigenvalue weighted by atomic mass is 9.80. The average molecular weight is 244 g/mol. The van der Waals surface area contributed by atoms with Gasteiger partial charge in [0.05, 0.1) is 5.54 Å². The van der Waals surface area contributed by atoms with Gasteiger partial charge in [-0.15, -0.1) is 0 Å². The predicted octanol–water partition coefficient (Wildman–Crippen LogP) is 3.35. The van der Waals surface area contributed by atoms with Gasteiger partial charge in [-0.1, -0.05) is 44.0 Å². The quantitative estimate of drug-likeness (QED) is 0.721. The van der Waals surface area contributed by atoms with Crippen molar-refractivity contribution in [2.75, 3.05) is 0 Å². The van der Waals surface area contributed by atoms with Gasteiger partial charge in [0.2, 0.25) is 0 Å². The predicted molar refractivity (Wildman–Crippen MR) is 75.5 cm³/mol. The maximum atomic E-state index is 2.68. The molecule has 1 aliphatic carbocycles. The third-order valence-corrected chi connectivity index (χ3v) is 5.15. The summed E-state index contributed by atoms with van der Waals surface area (Å²) in [5.41, 5.74) is 3.73. The standard InChI is InChI=1S/C17H25N/c1-14-12-17(10-6-2-3-7-11-17)18-13-15-8-4-5-9-16(14)15/h4-5,8-9,14,18H,2-3,6-7,10-13H2,1H3/p+1. The molecule has 3 rings (SSSR count). The molecule has 1 unspecified atom stereocenters. The lowest BCUT2D eigenvalue weighted by Gasteiger charge is -2.30. The average Bonchev–Trinajstić information content (AvgIpc) is 2.69. The van der Waals surface area contributed by atoms with Crippen LogP contribution >= 0.6 is 0 Å². The molecule has 1 saturated carbocycles. The van der Waals surface area contributed by atoms with Crippen LogP contribution in [-0.2, 0) is 6.54 Å². The van der Waals surface area contributed by atoms with Crippen molar-refractivity contribution < 1.29 is 5.32 Å². The van der Waals surface area contributed by atoms with Crippen LogP contribution in [0, 0.1) is 0 Å². The molecule has 1 aromatic carbocycles. The van der Waals surface area contributed by atoms with Crippen LogP contribution in [0.1, 0.15) is 68.9 Å². The third-order valence-electron chi connectivity index (χ3n) is 5.15. The van der Waals surface area contributed by atoms with Gasteiger partial charge in [0.25, 0.3) is 0 Å². The fourth-order valence-corrected chi connectivity index (χ4v) is 4.17. The molecule has 1 fully saturated rings. The minimum Gasteiger partial charge on any atom is -0.338 e. The van der Waals surface area contributed by atoms with Crippen molar-refractivity contribution in [3.63, 3.8) is 0 Å². The summed E-state index contributed by atoms with van der Waals surface area (Å²) in [6.07, 6.45) is 10.0. The second-order valence-electron chi connectivity index (χ2n) is 6.49. The topological polar surface area (TPSA) is 16.6 Å². The number of fused-ring (bicyclic) bond motifs is 1.